The lowest BCUT2D eigenvalue weighted by molar-refractivity contribution is -0.344. The Hall–Kier alpha value is -3.69. The molecule has 0 saturated carbocycles. The summed E-state index contributed by atoms with van der Waals surface area (Å²) in [5.41, 5.74) is -1.12. The number of carbonyl (C=O) groups is 5. The Kier molecular flexibility index (Phi) is 17.6. The van der Waals surface area contributed by atoms with E-state index in [1.54, 1.807) is 96.1 Å². The van der Waals surface area contributed by atoms with Crippen molar-refractivity contribution in [2.24, 2.45) is 35.5 Å². The molecular weight excluding hydrogens is 873 g/mol. The fraction of sp³-hybridized carbons (Fsp3) is 0.735. The van der Waals surface area contributed by atoms with Crippen molar-refractivity contribution in [3.8, 4) is 0 Å². The van der Waals surface area contributed by atoms with Crippen molar-refractivity contribution < 1.29 is 77.6 Å². The Labute approximate surface area is 393 Å². The molecule has 0 spiro atoms. The number of aldehydes is 1. The molecule has 18 nitrogen and oxygen atoms in total. The minimum absolute atomic E-state index is 0.0583. The number of anilines is 1. The lowest BCUT2D eigenvalue weighted by Crippen LogP contribution is -2.66. The van der Waals surface area contributed by atoms with Crippen LogP contribution in [0.15, 0.2) is 42.5 Å². The Bertz CT molecular complexity index is 1900. The molecule has 20 atom stereocenters. The smallest absolute Gasteiger partial charge is 0.308 e. The Morgan fingerprint density at radius 3 is 2.22 bits per heavy atom. The first-order valence-corrected chi connectivity index (χ1v) is 23.7. The third-order valence-corrected chi connectivity index (χ3v) is 14.3. The molecule has 4 fully saturated rings. The number of allylic oxidation sites excluding steroid dienone is 1. The lowest BCUT2D eigenvalue weighted by Gasteiger charge is -2.50. The molecule has 6 aliphatic rings. The second kappa shape index (κ2) is 22.4. The van der Waals surface area contributed by atoms with E-state index in [9.17, 15) is 44.4 Å². The largest absolute Gasteiger partial charge is 0.463 e. The Morgan fingerprint density at radius 1 is 0.910 bits per heavy atom. The van der Waals surface area contributed by atoms with Crippen LogP contribution in [0, 0.1) is 35.5 Å². The van der Waals surface area contributed by atoms with Crippen molar-refractivity contribution in [1.29, 1.82) is 0 Å². The van der Waals surface area contributed by atoms with E-state index in [-0.39, 0.29) is 32.1 Å². The van der Waals surface area contributed by atoms with Crippen LogP contribution < -0.4 is 4.90 Å². The number of hydrogen-bond acceptors (Lipinski definition) is 17. The summed E-state index contributed by atoms with van der Waals surface area (Å²) in [6.45, 7) is 10.2. The van der Waals surface area contributed by atoms with Gasteiger partial charge in [-0.05, 0) is 90.9 Å². The minimum Gasteiger partial charge on any atom is -0.463 e. The molecule has 1 aromatic carbocycles. The fourth-order valence-electron chi connectivity index (χ4n) is 11.2. The first kappa shape index (κ1) is 52.7. The van der Waals surface area contributed by atoms with Crippen LogP contribution in [-0.4, -0.2) is 162 Å². The number of benzene rings is 1. The van der Waals surface area contributed by atoms with Gasteiger partial charge in [-0.3, -0.25) is 24.1 Å². The highest BCUT2D eigenvalue weighted by atomic mass is 16.7. The van der Waals surface area contributed by atoms with E-state index in [4.69, 9.17) is 33.2 Å². The zero-order valence-electron chi connectivity index (χ0n) is 40.1. The van der Waals surface area contributed by atoms with Gasteiger partial charge in [0.2, 0.25) is 11.8 Å². The Balaban J connectivity index is 1.28. The number of aliphatic hydroxyl groups excluding tert-OH is 3. The quantitative estimate of drug-likeness (QED) is 0.102. The number of esters is 2. The number of aliphatic hydroxyl groups is 4. The zero-order chi connectivity index (χ0) is 49.1. The maximum absolute atomic E-state index is 14.4. The maximum Gasteiger partial charge on any atom is 0.308 e. The molecule has 0 radical (unpaired) electrons. The number of hydrogen-bond donors (Lipinski definition) is 4. The standard InChI is InChI=1S/C49H72N2O16/c1-10-14-34(54)65-45-28(5)63-36(24-49(45,6)60)66-43-27(4)64-48(41(57)39(43)50(7)8)67-42-25(2)21-30(19-20-52)40(56)32-18-17-29(22-26(3)62-35(55)23-33(53)44(42)61-9)37-38(32)47(59)51(46(37)58)31-15-12-11-13-16-31/h11-13,15-18,20,25-30,32-33,36-45,48,53,56-57,60H,10,14,19,21-24H2,1-9H3/t25-,26+,27+,28-,29?,30+,32?,33+,36-,37?,38?,39+,40+,41+,42-,43+,44-,45-,48-,49+/m0/s1. The molecule has 5 heterocycles. The van der Waals surface area contributed by atoms with Gasteiger partial charge in [0.05, 0.1) is 66.6 Å². The summed E-state index contributed by atoms with van der Waals surface area (Å²) in [7, 11) is 4.83. The molecule has 4 saturated heterocycles. The van der Waals surface area contributed by atoms with Crippen molar-refractivity contribution in [3.05, 3.63) is 42.5 Å². The van der Waals surface area contributed by atoms with Gasteiger partial charge in [-0.15, -0.1) is 0 Å². The van der Waals surface area contributed by atoms with E-state index >= 15 is 0 Å². The van der Waals surface area contributed by atoms with Gasteiger partial charge in [-0.25, -0.2) is 0 Å². The highest BCUT2D eigenvalue weighted by Gasteiger charge is 2.58. The number of rotatable bonds is 12. The first-order valence-electron chi connectivity index (χ1n) is 23.7. The number of carbonyl (C=O) groups excluding carboxylic acids is 5. The average Bonchev–Trinajstić information content (AvgIpc) is 3.52. The van der Waals surface area contributed by atoms with Crippen LogP contribution >= 0.6 is 0 Å². The molecule has 18 heteroatoms. The van der Waals surface area contributed by atoms with E-state index in [0.29, 0.717) is 18.4 Å². The predicted octanol–water partition coefficient (Wildman–Crippen LogP) is 2.69. The Morgan fingerprint density at radius 2 is 1.60 bits per heavy atom. The van der Waals surface area contributed by atoms with Gasteiger partial charge >= 0.3 is 11.9 Å². The highest BCUT2D eigenvalue weighted by Crippen LogP contribution is 2.48. The summed E-state index contributed by atoms with van der Waals surface area (Å²) in [6.07, 6.45) is -8.52. The van der Waals surface area contributed by atoms with Gasteiger partial charge in [-0.1, -0.05) is 44.2 Å². The summed E-state index contributed by atoms with van der Waals surface area (Å²) < 4.78 is 43.0. The number of nitrogens with zero attached hydrogens (tertiary/aromatic N) is 2. The number of methoxy groups -OCH3 is 1. The van der Waals surface area contributed by atoms with E-state index in [2.05, 4.69) is 0 Å². The van der Waals surface area contributed by atoms with E-state index in [0.717, 1.165) is 4.90 Å². The zero-order valence-corrected chi connectivity index (χ0v) is 40.1. The lowest BCUT2D eigenvalue weighted by atomic mass is 9.66. The van der Waals surface area contributed by atoms with Gasteiger partial charge < -0.3 is 63.3 Å². The van der Waals surface area contributed by atoms with Crippen LogP contribution in [0.1, 0.15) is 86.5 Å². The van der Waals surface area contributed by atoms with Crippen LogP contribution in [0.3, 0.4) is 0 Å². The molecule has 4 N–H and O–H groups in total. The molecule has 2 amide bonds. The topological polar surface area (TPSA) is 237 Å². The van der Waals surface area contributed by atoms with E-state index in [1.165, 1.54) is 7.11 Å². The van der Waals surface area contributed by atoms with E-state index < -0.39 is 151 Å². The van der Waals surface area contributed by atoms with Crippen molar-refractivity contribution in [3.63, 3.8) is 0 Å². The second-order valence-corrected chi connectivity index (χ2v) is 19.7. The van der Waals surface area contributed by atoms with Gasteiger partial charge in [0.1, 0.15) is 30.2 Å². The first-order chi connectivity index (χ1) is 31.7. The molecule has 1 aliphatic carbocycles. The van der Waals surface area contributed by atoms with Crippen LogP contribution in [0.4, 0.5) is 5.69 Å². The average molecular weight is 945 g/mol. The minimum atomic E-state index is -1.51. The summed E-state index contributed by atoms with van der Waals surface area (Å²) in [5.74, 6) is -6.87. The number of imide groups is 1. The molecule has 2 bridgehead atoms. The van der Waals surface area contributed by atoms with Crippen LogP contribution in [-0.2, 0) is 57.1 Å². The fourth-order valence-corrected chi connectivity index (χ4v) is 11.2. The number of likely N-dealkylation sites (N-methyl/N-ethyl adjacent to an activating group) is 1. The summed E-state index contributed by atoms with van der Waals surface area (Å²) in [6, 6.07) is 7.75. The molecule has 0 aromatic heterocycles. The number of amides is 2. The number of para-hydroxylation sites is 1. The molecule has 4 unspecified atom stereocenters. The molecule has 374 valence electrons. The summed E-state index contributed by atoms with van der Waals surface area (Å²) in [4.78, 5) is 69.9. The third kappa shape index (κ3) is 11.5. The van der Waals surface area contributed by atoms with Crippen molar-refractivity contribution >= 4 is 35.7 Å². The van der Waals surface area contributed by atoms with Gasteiger partial charge in [0.15, 0.2) is 18.7 Å². The van der Waals surface area contributed by atoms with Crippen molar-refractivity contribution in [2.75, 3.05) is 26.1 Å². The van der Waals surface area contributed by atoms with Gasteiger partial charge in [-0.2, -0.15) is 0 Å². The molecule has 1 aromatic rings. The molecular formula is C49H72N2O16. The van der Waals surface area contributed by atoms with Crippen LogP contribution in [0.25, 0.3) is 0 Å². The number of fused-ring (bicyclic) bond motifs is 11. The highest BCUT2D eigenvalue weighted by molar-refractivity contribution is 6.22. The van der Waals surface area contributed by atoms with Crippen molar-refractivity contribution in [1.82, 2.24) is 4.90 Å². The molecule has 5 aliphatic heterocycles. The van der Waals surface area contributed by atoms with Gasteiger partial charge in [0, 0.05) is 32.3 Å². The summed E-state index contributed by atoms with van der Waals surface area (Å²) in [5, 5.41) is 47.7. The van der Waals surface area contributed by atoms with Gasteiger partial charge in [0.25, 0.3) is 0 Å². The van der Waals surface area contributed by atoms with Crippen LogP contribution in [0.5, 0.6) is 0 Å². The second-order valence-electron chi connectivity index (χ2n) is 19.7. The normalized spacial score (nSPS) is 42.1. The molecule has 7 rings (SSSR count). The number of ether oxygens (including phenoxy) is 7. The molecule has 67 heavy (non-hydrogen) atoms. The third-order valence-electron chi connectivity index (χ3n) is 14.3. The maximum atomic E-state index is 14.4. The summed E-state index contributed by atoms with van der Waals surface area (Å²) >= 11 is 0. The predicted molar refractivity (Wildman–Crippen MR) is 240 cm³/mol. The van der Waals surface area contributed by atoms with E-state index in [1.807, 2.05) is 6.92 Å². The van der Waals surface area contributed by atoms with Crippen LogP contribution in [0.2, 0.25) is 0 Å². The monoisotopic (exact) mass is 944 g/mol. The van der Waals surface area contributed by atoms with Crippen molar-refractivity contribution in [2.45, 2.75) is 172 Å². The SMILES string of the molecule is CCCC(=O)O[C@H]1[C@H](C)O[C@@H](O[C@H]2[C@H](N(C)C)[C@@H](O)[C@H](O[C@@H]3[C@@H](OC)[C@H](O)CC(=O)O[C@H](C)CC4C=CC(C5C(=O)N(c6ccccc6)C(=O)C45)[C@H](O)[C@H](CC=O)C[C@@H]3C)O[C@@H]2C)C[C@@]1(C)O.